The zero-order chi connectivity index (χ0) is 22.4. The van der Waals surface area contributed by atoms with E-state index in [4.69, 9.17) is 27.9 Å². The highest BCUT2D eigenvalue weighted by Crippen LogP contribution is 2.60. The number of imide groups is 1. The number of fused-ring (bicyclic) bond motifs is 5. The van der Waals surface area contributed by atoms with Crippen LogP contribution < -0.4 is 5.32 Å². The summed E-state index contributed by atoms with van der Waals surface area (Å²) in [4.78, 5) is 51.1. The number of alkyl halides is 2. The molecule has 3 amide bonds. The molecule has 11 heteroatoms. The lowest BCUT2D eigenvalue weighted by molar-refractivity contribution is -0.149. The van der Waals surface area contributed by atoms with Crippen molar-refractivity contribution in [3.63, 3.8) is 0 Å². The van der Waals surface area contributed by atoms with Gasteiger partial charge in [0.1, 0.15) is 0 Å². The number of nitrogens with one attached hydrogen (secondary N) is 1. The van der Waals surface area contributed by atoms with Crippen molar-refractivity contribution in [2.75, 3.05) is 18.5 Å². The number of anilines is 1. The number of esters is 1. The molecule has 0 spiro atoms. The highest BCUT2D eigenvalue weighted by Gasteiger charge is 2.66. The number of carbonyl (C=O) groups excluding carboxylic acids is 4. The maximum Gasteiger partial charge on any atom is 0.308 e. The van der Waals surface area contributed by atoms with E-state index < -0.39 is 18.5 Å². The Bertz CT molecular complexity index is 929. The molecule has 3 fully saturated rings. The predicted octanol–water partition coefficient (Wildman–Crippen LogP) is 3.64. The number of rotatable bonds is 6. The first-order valence-corrected chi connectivity index (χ1v) is 12.3. The molecule has 2 saturated carbocycles. The Morgan fingerprint density at radius 3 is 2.26 bits per heavy atom. The normalized spacial score (nSPS) is 31.2. The van der Waals surface area contributed by atoms with E-state index in [9.17, 15) is 19.2 Å². The van der Waals surface area contributed by atoms with Crippen LogP contribution in [-0.2, 0) is 23.9 Å². The predicted molar refractivity (Wildman–Crippen MR) is 121 cm³/mol. The van der Waals surface area contributed by atoms with Gasteiger partial charge in [-0.15, -0.1) is 0 Å². The lowest BCUT2D eigenvalue weighted by atomic mass is 9.81. The van der Waals surface area contributed by atoms with Crippen LogP contribution in [0.25, 0.3) is 0 Å². The van der Waals surface area contributed by atoms with E-state index in [0.29, 0.717) is 10.7 Å². The Morgan fingerprint density at radius 2 is 1.68 bits per heavy atom. The first kappa shape index (κ1) is 23.0. The number of amides is 3. The van der Waals surface area contributed by atoms with Crippen molar-refractivity contribution in [2.24, 2.45) is 23.7 Å². The van der Waals surface area contributed by atoms with Crippen LogP contribution in [0.15, 0.2) is 18.2 Å². The summed E-state index contributed by atoms with van der Waals surface area (Å²) < 4.78 is 4.97. The Balaban J connectivity index is 1.26. The molecule has 3 aliphatic rings. The van der Waals surface area contributed by atoms with Gasteiger partial charge < -0.3 is 10.1 Å². The first-order valence-electron chi connectivity index (χ1n) is 9.73. The van der Waals surface area contributed by atoms with Crippen LogP contribution in [-0.4, -0.2) is 51.4 Å². The highest BCUT2D eigenvalue weighted by atomic mass is 79.9. The summed E-state index contributed by atoms with van der Waals surface area (Å²) in [6, 6.07) is 4.58. The Kier molecular flexibility index (Phi) is 6.68. The van der Waals surface area contributed by atoms with Crippen molar-refractivity contribution in [1.82, 2.24) is 4.90 Å². The molecule has 6 atom stereocenters. The Hall–Kier alpha value is -1.16. The number of ether oxygens (including phenoxy) is 1. The van der Waals surface area contributed by atoms with Gasteiger partial charge in [0.2, 0.25) is 11.8 Å². The second-order valence-corrected chi connectivity index (χ2v) is 10.8. The molecule has 1 saturated heterocycles. The number of hydrogen-bond donors (Lipinski definition) is 1. The molecule has 1 aliphatic heterocycles. The van der Waals surface area contributed by atoms with Gasteiger partial charge in [0.15, 0.2) is 6.61 Å². The maximum atomic E-state index is 12.8. The van der Waals surface area contributed by atoms with Crippen LogP contribution in [0.4, 0.5) is 5.69 Å². The van der Waals surface area contributed by atoms with Crippen molar-refractivity contribution in [3.8, 4) is 0 Å². The van der Waals surface area contributed by atoms with E-state index in [-0.39, 0.29) is 63.1 Å². The van der Waals surface area contributed by atoms with Crippen LogP contribution >= 0.6 is 55.1 Å². The molecule has 2 bridgehead atoms. The van der Waals surface area contributed by atoms with E-state index in [0.717, 1.165) is 6.42 Å². The molecule has 0 radical (unpaired) electrons. The van der Waals surface area contributed by atoms with Crippen LogP contribution in [0, 0.1) is 23.7 Å². The summed E-state index contributed by atoms with van der Waals surface area (Å²) >= 11 is 19.0. The lowest BCUT2D eigenvalue weighted by Crippen LogP contribution is -2.37. The Labute approximate surface area is 205 Å². The fourth-order valence-electron chi connectivity index (χ4n) is 4.82. The monoisotopic (exact) mass is 594 g/mol. The molecule has 0 aromatic heterocycles. The van der Waals surface area contributed by atoms with E-state index >= 15 is 0 Å². The number of halogens is 4. The van der Waals surface area contributed by atoms with E-state index in [1.54, 1.807) is 6.07 Å². The molecule has 0 unspecified atom stereocenters. The number of likely N-dealkylation sites (tertiary alicyclic amines) is 1. The van der Waals surface area contributed by atoms with Crippen molar-refractivity contribution in [3.05, 3.63) is 28.2 Å². The zero-order valence-electron chi connectivity index (χ0n) is 16.0. The van der Waals surface area contributed by atoms with Gasteiger partial charge in [-0.3, -0.25) is 24.1 Å². The van der Waals surface area contributed by atoms with Gasteiger partial charge >= 0.3 is 5.97 Å². The lowest BCUT2D eigenvalue weighted by Gasteiger charge is -2.28. The van der Waals surface area contributed by atoms with Gasteiger partial charge in [0.05, 0.1) is 28.3 Å². The summed E-state index contributed by atoms with van der Waals surface area (Å²) in [6.45, 7) is -0.538. The van der Waals surface area contributed by atoms with Gasteiger partial charge in [-0.05, 0) is 36.5 Å². The van der Waals surface area contributed by atoms with Crippen LogP contribution in [0.5, 0.6) is 0 Å². The van der Waals surface area contributed by atoms with Gasteiger partial charge in [-0.2, -0.15) is 0 Å². The molecule has 2 aliphatic carbocycles. The van der Waals surface area contributed by atoms with Crippen LogP contribution in [0.1, 0.15) is 12.8 Å². The van der Waals surface area contributed by atoms with Gasteiger partial charge in [-0.1, -0.05) is 55.1 Å². The highest BCUT2D eigenvalue weighted by molar-refractivity contribution is 9.12. The zero-order valence-corrected chi connectivity index (χ0v) is 20.7. The number of carbonyl (C=O) groups is 4. The second kappa shape index (κ2) is 9.00. The quantitative estimate of drug-likeness (QED) is 0.308. The number of hydrogen-bond acceptors (Lipinski definition) is 5. The molecular formula is C20H18Br2Cl2N2O5. The topological polar surface area (TPSA) is 92.8 Å². The van der Waals surface area contributed by atoms with Crippen molar-refractivity contribution in [1.29, 1.82) is 0 Å². The van der Waals surface area contributed by atoms with E-state index in [1.165, 1.54) is 17.0 Å². The molecule has 4 rings (SSSR count). The van der Waals surface area contributed by atoms with Crippen molar-refractivity contribution >= 4 is 84.4 Å². The third kappa shape index (κ3) is 4.26. The third-order valence-corrected chi connectivity index (χ3v) is 10.1. The summed E-state index contributed by atoms with van der Waals surface area (Å²) in [5.41, 5.74) is 0.417. The fourth-order valence-corrected chi connectivity index (χ4v) is 6.99. The standard InChI is InChI=1S/C20H18Br2Cl2N2O5/c21-17-9-6-10(18(17)22)16-15(9)19(29)26(20(16)30)4-3-14(28)31-7-13(27)25-8-1-2-11(23)12(24)5-8/h1-2,5,9-10,15-18H,3-4,6-7H2,(H,25,27)/t9-,10-,15-,16-,17+,18+/m1/s1. The minimum atomic E-state index is -0.665. The molecular weight excluding hydrogens is 579 g/mol. The summed E-state index contributed by atoms with van der Waals surface area (Å²) in [7, 11) is 0. The molecule has 1 aromatic carbocycles. The molecule has 1 N–H and O–H groups in total. The van der Waals surface area contributed by atoms with E-state index in [2.05, 4.69) is 37.2 Å². The largest absolute Gasteiger partial charge is 0.456 e. The smallest absolute Gasteiger partial charge is 0.308 e. The molecule has 1 aromatic rings. The van der Waals surface area contributed by atoms with Crippen LogP contribution in [0.2, 0.25) is 10.0 Å². The van der Waals surface area contributed by atoms with E-state index in [1.807, 2.05) is 0 Å². The summed E-state index contributed by atoms with van der Waals surface area (Å²) in [6.07, 6.45) is 0.685. The number of benzene rings is 1. The summed E-state index contributed by atoms with van der Waals surface area (Å²) in [5, 5.41) is 3.18. The average molecular weight is 597 g/mol. The molecule has 7 nitrogen and oxygen atoms in total. The molecule has 166 valence electrons. The van der Waals surface area contributed by atoms with Crippen molar-refractivity contribution < 1.29 is 23.9 Å². The SMILES string of the molecule is O=C(COC(=O)CCN1C(=O)[C@@H]2[C@H]3C[C@@H]([C@H](Br)[C@H]3Br)[C@H]2C1=O)Nc1ccc(Cl)c(Cl)c1. The van der Waals surface area contributed by atoms with Gasteiger partial charge in [-0.25, -0.2) is 0 Å². The summed E-state index contributed by atoms with van der Waals surface area (Å²) in [5.74, 6) is -2.02. The third-order valence-electron chi connectivity index (χ3n) is 6.19. The van der Waals surface area contributed by atoms with Crippen LogP contribution in [0.3, 0.4) is 0 Å². The van der Waals surface area contributed by atoms with Gasteiger partial charge in [0, 0.05) is 21.9 Å². The fraction of sp³-hybridized carbons (Fsp3) is 0.500. The average Bonchev–Trinajstić information content (AvgIpc) is 3.33. The minimum absolute atomic E-state index is 0.0444. The second-order valence-electron chi connectivity index (χ2n) is 7.92. The molecule has 31 heavy (non-hydrogen) atoms. The van der Waals surface area contributed by atoms with Crippen molar-refractivity contribution in [2.45, 2.75) is 22.5 Å². The molecule has 1 heterocycles. The minimum Gasteiger partial charge on any atom is -0.456 e. The number of nitrogens with zero attached hydrogens (tertiary/aromatic N) is 1. The first-order chi connectivity index (χ1) is 14.7. The van der Waals surface area contributed by atoms with Gasteiger partial charge in [0.25, 0.3) is 5.91 Å². The Morgan fingerprint density at radius 1 is 1.06 bits per heavy atom. The maximum absolute atomic E-state index is 12.8.